The van der Waals surface area contributed by atoms with Gasteiger partial charge in [-0.25, -0.2) is 0 Å². The fraction of sp³-hybridized carbons (Fsp3) is 0.650. The summed E-state index contributed by atoms with van der Waals surface area (Å²) in [6.07, 6.45) is 6.11. The second kappa shape index (κ2) is 7.41. The molecule has 0 unspecified atom stereocenters. The molecule has 0 bridgehead atoms. The lowest BCUT2D eigenvalue weighted by molar-refractivity contribution is -0.121. The molecule has 22 heavy (non-hydrogen) atoms. The molecule has 1 aromatic rings. The molecule has 1 aliphatic carbocycles. The van der Waals surface area contributed by atoms with E-state index in [0.717, 1.165) is 32.3 Å². The molecule has 0 saturated heterocycles. The highest BCUT2D eigenvalue weighted by atomic mass is 16.5. The summed E-state index contributed by atoms with van der Waals surface area (Å²) in [6.45, 7) is 9.32. The van der Waals surface area contributed by atoms with Crippen molar-refractivity contribution in [2.45, 2.75) is 72.3 Å². The second-order valence-electron chi connectivity index (χ2n) is 7.29. The SMILES string of the molecule is CCOC1CCC(C)(CC(=O)Cc2ccc(C)cc2C)CC1. The zero-order valence-corrected chi connectivity index (χ0v) is 14.6. The highest BCUT2D eigenvalue weighted by Gasteiger charge is 2.33. The molecule has 0 aliphatic heterocycles. The number of carbonyl (C=O) groups is 1. The van der Waals surface area contributed by atoms with E-state index in [-0.39, 0.29) is 5.41 Å². The molecule has 1 fully saturated rings. The van der Waals surface area contributed by atoms with Gasteiger partial charge in [-0.1, -0.05) is 30.7 Å². The average molecular weight is 302 g/mol. The van der Waals surface area contributed by atoms with E-state index in [4.69, 9.17) is 4.74 Å². The fourth-order valence-corrected chi connectivity index (χ4v) is 3.66. The molecular formula is C20H30O2. The van der Waals surface area contributed by atoms with Crippen LogP contribution in [0, 0.1) is 19.3 Å². The van der Waals surface area contributed by atoms with Crippen LogP contribution in [0.5, 0.6) is 0 Å². The minimum absolute atomic E-state index is 0.170. The van der Waals surface area contributed by atoms with Gasteiger partial charge >= 0.3 is 0 Å². The Morgan fingerprint density at radius 2 is 1.95 bits per heavy atom. The molecule has 122 valence electrons. The van der Waals surface area contributed by atoms with E-state index < -0.39 is 0 Å². The van der Waals surface area contributed by atoms with Crippen molar-refractivity contribution in [3.05, 3.63) is 34.9 Å². The Labute approximate surface area is 135 Å². The lowest BCUT2D eigenvalue weighted by atomic mass is 9.71. The van der Waals surface area contributed by atoms with Gasteiger partial charge in [0.05, 0.1) is 6.10 Å². The molecule has 2 heteroatoms. The summed E-state index contributed by atoms with van der Waals surface area (Å²) >= 11 is 0. The number of aryl methyl sites for hydroxylation is 2. The predicted octanol–water partition coefficient (Wildman–Crippen LogP) is 4.79. The fourth-order valence-electron chi connectivity index (χ4n) is 3.66. The van der Waals surface area contributed by atoms with Crippen molar-refractivity contribution < 1.29 is 9.53 Å². The lowest BCUT2D eigenvalue weighted by Gasteiger charge is -2.36. The smallest absolute Gasteiger partial charge is 0.137 e. The Bertz CT molecular complexity index is 510. The summed E-state index contributed by atoms with van der Waals surface area (Å²) in [4.78, 5) is 12.5. The largest absolute Gasteiger partial charge is 0.379 e. The van der Waals surface area contributed by atoms with Gasteiger partial charge in [-0.05, 0) is 63.0 Å². The Balaban J connectivity index is 1.89. The summed E-state index contributed by atoms with van der Waals surface area (Å²) < 4.78 is 5.72. The summed E-state index contributed by atoms with van der Waals surface area (Å²) in [5.74, 6) is 0.379. The van der Waals surface area contributed by atoms with Gasteiger partial charge in [-0.3, -0.25) is 4.79 Å². The van der Waals surface area contributed by atoms with E-state index in [2.05, 4.69) is 45.9 Å². The van der Waals surface area contributed by atoms with E-state index in [0.29, 0.717) is 24.7 Å². The maximum absolute atomic E-state index is 12.5. The molecule has 0 heterocycles. The molecule has 1 aromatic carbocycles. The number of carbonyl (C=O) groups excluding carboxylic acids is 1. The van der Waals surface area contributed by atoms with Crippen molar-refractivity contribution in [3.8, 4) is 0 Å². The summed E-state index contributed by atoms with van der Waals surface area (Å²) in [7, 11) is 0. The van der Waals surface area contributed by atoms with Crippen LogP contribution in [0.4, 0.5) is 0 Å². The van der Waals surface area contributed by atoms with E-state index in [1.54, 1.807) is 0 Å². The number of rotatable bonds is 6. The number of Topliss-reactive ketones (excluding diaryl/α,β-unsaturated/α-hetero) is 1. The summed E-state index contributed by atoms with van der Waals surface area (Å²) in [5.41, 5.74) is 3.85. The minimum atomic E-state index is 0.170. The lowest BCUT2D eigenvalue weighted by Crippen LogP contribution is -2.31. The molecule has 0 atom stereocenters. The van der Waals surface area contributed by atoms with Crippen molar-refractivity contribution in [1.29, 1.82) is 0 Å². The van der Waals surface area contributed by atoms with Crippen molar-refractivity contribution in [3.63, 3.8) is 0 Å². The maximum atomic E-state index is 12.5. The van der Waals surface area contributed by atoms with Crippen LogP contribution in [0.2, 0.25) is 0 Å². The van der Waals surface area contributed by atoms with Crippen LogP contribution in [0.3, 0.4) is 0 Å². The maximum Gasteiger partial charge on any atom is 0.137 e. The zero-order valence-electron chi connectivity index (χ0n) is 14.6. The standard InChI is InChI=1S/C20H30O2/c1-5-22-19-8-10-20(4,11-9-19)14-18(21)13-17-7-6-15(2)12-16(17)3/h6-7,12,19H,5,8-11,13-14H2,1-4H3. The first-order chi connectivity index (χ1) is 10.4. The molecule has 0 amide bonds. The first-order valence-electron chi connectivity index (χ1n) is 8.61. The predicted molar refractivity (Wildman–Crippen MR) is 91.2 cm³/mol. The van der Waals surface area contributed by atoms with E-state index in [1.807, 2.05) is 0 Å². The Morgan fingerprint density at radius 1 is 1.27 bits per heavy atom. The van der Waals surface area contributed by atoms with Gasteiger partial charge in [-0.15, -0.1) is 0 Å². The molecule has 1 aliphatic rings. The Kier molecular flexibility index (Phi) is 5.80. The van der Waals surface area contributed by atoms with Crippen molar-refractivity contribution in [1.82, 2.24) is 0 Å². The van der Waals surface area contributed by atoms with Crippen molar-refractivity contribution >= 4 is 5.78 Å². The topological polar surface area (TPSA) is 26.3 Å². The molecule has 2 nitrogen and oxygen atoms in total. The zero-order chi connectivity index (χ0) is 16.2. The van der Waals surface area contributed by atoms with Crippen LogP contribution < -0.4 is 0 Å². The van der Waals surface area contributed by atoms with Gasteiger partial charge in [0, 0.05) is 19.4 Å². The molecule has 0 spiro atoms. The number of ketones is 1. The minimum Gasteiger partial charge on any atom is -0.379 e. The second-order valence-corrected chi connectivity index (χ2v) is 7.29. The first kappa shape index (κ1) is 17.2. The molecule has 0 radical (unpaired) electrons. The summed E-state index contributed by atoms with van der Waals surface area (Å²) in [6, 6.07) is 6.37. The molecule has 0 aromatic heterocycles. The van der Waals surface area contributed by atoms with E-state index in [9.17, 15) is 4.79 Å². The van der Waals surface area contributed by atoms with Gasteiger partial charge in [0.2, 0.25) is 0 Å². The van der Waals surface area contributed by atoms with E-state index in [1.165, 1.54) is 16.7 Å². The van der Waals surface area contributed by atoms with Crippen LogP contribution in [-0.2, 0) is 16.0 Å². The summed E-state index contributed by atoms with van der Waals surface area (Å²) in [5, 5.41) is 0. The van der Waals surface area contributed by atoms with Crippen LogP contribution in [0.15, 0.2) is 18.2 Å². The highest BCUT2D eigenvalue weighted by Crippen LogP contribution is 2.40. The Hall–Kier alpha value is -1.15. The van der Waals surface area contributed by atoms with Crippen LogP contribution in [-0.4, -0.2) is 18.5 Å². The molecular weight excluding hydrogens is 272 g/mol. The third-order valence-corrected chi connectivity index (χ3v) is 5.05. The van der Waals surface area contributed by atoms with Gasteiger partial charge < -0.3 is 4.74 Å². The van der Waals surface area contributed by atoms with Crippen LogP contribution >= 0.6 is 0 Å². The molecule has 0 N–H and O–H groups in total. The molecule has 2 rings (SSSR count). The van der Waals surface area contributed by atoms with Crippen molar-refractivity contribution in [2.24, 2.45) is 5.41 Å². The van der Waals surface area contributed by atoms with Gasteiger partial charge in [0.1, 0.15) is 5.78 Å². The average Bonchev–Trinajstić information content (AvgIpc) is 2.45. The highest BCUT2D eigenvalue weighted by molar-refractivity contribution is 5.81. The van der Waals surface area contributed by atoms with Gasteiger partial charge in [-0.2, -0.15) is 0 Å². The number of hydrogen-bond acceptors (Lipinski definition) is 2. The Morgan fingerprint density at radius 3 is 2.55 bits per heavy atom. The number of ether oxygens (including phenoxy) is 1. The van der Waals surface area contributed by atoms with Gasteiger partial charge in [0.15, 0.2) is 0 Å². The normalized spacial score (nSPS) is 25.2. The number of hydrogen-bond donors (Lipinski definition) is 0. The third kappa shape index (κ3) is 4.67. The van der Waals surface area contributed by atoms with Crippen LogP contribution in [0.25, 0.3) is 0 Å². The molecule has 1 saturated carbocycles. The quantitative estimate of drug-likeness (QED) is 0.755. The first-order valence-corrected chi connectivity index (χ1v) is 8.61. The van der Waals surface area contributed by atoms with Crippen LogP contribution in [0.1, 0.15) is 62.6 Å². The monoisotopic (exact) mass is 302 g/mol. The van der Waals surface area contributed by atoms with Gasteiger partial charge in [0.25, 0.3) is 0 Å². The number of benzene rings is 1. The van der Waals surface area contributed by atoms with E-state index >= 15 is 0 Å². The third-order valence-electron chi connectivity index (χ3n) is 5.05. The van der Waals surface area contributed by atoms with Crippen molar-refractivity contribution in [2.75, 3.05) is 6.61 Å².